The van der Waals surface area contributed by atoms with Crippen molar-refractivity contribution in [3.8, 4) is 0 Å². The number of rotatable bonds is 3. The van der Waals surface area contributed by atoms with Crippen LogP contribution < -0.4 is 5.73 Å². The number of hydrogen-bond donors (Lipinski definition) is 1. The summed E-state index contributed by atoms with van der Waals surface area (Å²) in [6.07, 6.45) is 0.180. The van der Waals surface area contributed by atoms with E-state index in [0.717, 1.165) is 5.56 Å². The zero-order valence-electron chi connectivity index (χ0n) is 8.33. The van der Waals surface area contributed by atoms with Gasteiger partial charge in [0.1, 0.15) is 12.1 Å². The van der Waals surface area contributed by atoms with Crippen molar-refractivity contribution in [2.45, 2.75) is 18.6 Å². The van der Waals surface area contributed by atoms with Crippen molar-refractivity contribution in [2.24, 2.45) is 5.73 Å². The van der Waals surface area contributed by atoms with Gasteiger partial charge in [-0.2, -0.15) is 0 Å². The number of cyclic esters (lactones) is 1. The molecule has 0 amide bonds. The predicted molar refractivity (Wildman–Crippen MR) is 54.7 cm³/mol. The largest absolute Gasteiger partial charge is 0.458 e. The second-order valence-corrected chi connectivity index (χ2v) is 3.63. The molecule has 2 rings (SSSR count). The van der Waals surface area contributed by atoms with Crippen molar-refractivity contribution < 1.29 is 14.5 Å². The Kier molecular flexibility index (Phi) is 2.57. The number of carbonyl (C=O) groups is 1. The molecule has 2 N–H and O–H groups in total. The number of non-ortho nitro benzene ring substituents is 1. The number of hydrogen-bond acceptors (Lipinski definition) is 5. The van der Waals surface area contributed by atoms with Crippen molar-refractivity contribution in [3.05, 3.63) is 39.9 Å². The molecule has 84 valence electrons. The van der Waals surface area contributed by atoms with E-state index in [1.165, 1.54) is 12.1 Å². The molecule has 16 heavy (non-hydrogen) atoms. The summed E-state index contributed by atoms with van der Waals surface area (Å²) in [4.78, 5) is 20.7. The van der Waals surface area contributed by atoms with Gasteiger partial charge in [-0.1, -0.05) is 12.1 Å². The average molecular weight is 222 g/mol. The Morgan fingerprint density at radius 3 is 2.44 bits per heavy atom. The summed E-state index contributed by atoms with van der Waals surface area (Å²) in [5.41, 5.74) is 6.41. The molecule has 0 radical (unpaired) electrons. The number of esters is 1. The van der Waals surface area contributed by atoms with Crippen LogP contribution in [-0.2, 0) is 16.0 Å². The van der Waals surface area contributed by atoms with Gasteiger partial charge in [-0.3, -0.25) is 14.9 Å². The van der Waals surface area contributed by atoms with Crippen molar-refractivity contribution in [1.29, 1.82) is 0 Å². The topological polar surface area (TPSA) is 95.5 Å². The predicted octanol–water partition coefficient (Wildman–Crippen LogP) is 0.390. The van der Waals surface area contributed by atoms with E-state index in [0.29, 0.717) is 6.42 Å². The molecule has 0 aromatic heterocycles. The van der Waals surface area contributed by atoms with E-state index in [-0.39, 0.29) is 11.8 Å². The first-order valence-electron chi connectivity index (χ1n) is 4.77. The fraction of sp³-hybridized carbons (Fsp3) is 0.300. The number of ether oxygens (including phenoxy) is 1. The molecule has 0 aliphatic carbocycles. The summed E-state index contributed by atoms with van der Waals surface area (Å²) in [7, 11) is 0. The number of nitrogens with two attached hydrogens (primary N) is 1. The van der Waals surface area contributed by atoms with Gasteiger partial charge in [0.2, 0.25) is 0 Å². The van der Waals surface area contributed by atoms with Crippen LogP contribution in [0.15, 0.2) is 24.3 Å². The van der Waals surface area contributed by atoms with E-state index < -0.39 is 16.9 Å². The minimum absolute atomic E-state index is 0.0404. The molecule has 0 saturated carbocycles. The molecule has 0 bridgehead atoms. The van der Waals surface area contributed by atoms with Gasteiger partial charge in [-0.15, -0.1) is 0 Å². The van der Waals surface area contributed by atoms with E-state index in [1.54, 1.807) is 12.1 Å². The molecule has 1 aliphatic heterocycles. The van der Waals surface area contributed by atoms with Gasteiger partial charge in [0.15, 0.2) is 0 Å². The van der Waals surface area contributed by atoms with Crippen molar-refractivity contribution in [2.75, 3.05) is 0 Å². The van der Waals surface area contributed by atoms with Crippen LogP contribution in [0.2, 0.25) is 0 Å². The van der Waals surface area contributed by atoms with Gasteiger partial charge in [0, 0.05) is 18.6 Å². The molecule has 1 aromatic rings. The van der Waals surface area contributed by atoms with Crippen molar-refractivity contribution in [3.63, 3.8) is 0 Å². The lowest BCUT2D eigenvalue weighted by Crippen LogP contribution is -2.56. The fourth-order valence-electron chi connectivity index (χ4n) is 1.54. The third-order valence-corrected chi connectivity index (χ3v) is 2.52. The average Bonchev–Trinajstić information content (AvgIpc) is 2.29. The van der Waals surface area contributed by atoms with Gasteiger partial charge in [-0.05, 0) is 5.56 Å². The maximum absolute atomic E-state index is 10.7. The monoisotopic (exact) mass is 222 g/mol. The first-order chi connectivity index (χ1) is 7.58. The zero-order chi connectivity index (χ0) is 11.7. The molecule has 0 unspecified atom stereocenters. The summed E-state index contributed by atoms with van der Waals surface area (Å²) in [6, 6.07) is 5.53. The molecule has 2 atom stereocenters. The summed E-state index contributed by atoms with van der Waals surface area (Å²) >= 11 is 0. The van der Waals surface area contributed by atoms with Crippen LogP contribution in [0, 0.1) is 10.1 Å². The molecule has 1 heterocycles. The number of carbonyl (C=O) groups excluding carboxylic acids is 1. The van der Waals surface area contributed by atoms with Crippen molar-refractivity contribution >= 4 is 11.7 Å². The Morgan fingerprint density at radius 2 is 2.00 bits per heavy atom. The second-order valence-electron chi connectivity index (χ2n) is 3.63. The van der Waals surface area contributed by atoms with E-state index in [4.69, 9.17) is 10.5 Å². The molecular weight excluding hydrogens is 212 g/mol. The lowest BCUT2D eigenvalue weighted by molar-refractivity contribution is -0.384. The lowest BCUT2D eigenvalue weighted by atomic mass is 9.98. The second kappa shape index (κ2) is 3.90. The summed E-state index contributed by atoms with van der Waals surface area (Å²) < 4.78 is 4.84. The maximum Gasteiger partial charge on any atom is 0.327 e. The highest BCUT2D eigenvalue weighted by Gasteiger charge is 2.39. The number of benzene rings is 1. The highest BCUT2D eigenvalue weighted by Crippen LogP contribution is 2.19. The van der Waals surface area contributed by atoms with Crippen LogP contribution in [0.3, 0.4) is 0 Å². The first-order valence-corrected chi connectivity index (χ1v) is 4.77. The Bertz CT molecular complexity index is 429. The highest BCUT2D eigenvalue weighted by molar-refractivity contribution is 5.81. The molecule has 6 heteroatoms. The zero-order valence-corrected chi connectivity index (χ0v) is 8.33. The summed E-state index contributed by atoms with van der Waals surface area (Å²) in [5.74, 6) is -0.396. The van der Waals surface area contributed by atoms with Crippen LogP contribution in [0.25, 0.3) is 0 Å². The smallest absolute Gasteiger partial charge is 0.327 e. The third kappa shape index (κ3) is 1.87. The maximum atomic E-state index is 10.7. The highest BCUT2D eigenvalue weighted by atomic mass is 16.6. The SMILES string of the molecule is N[C@@H]1C(=O)O[C@@H]1Cc1ccc([N+](=O)[O-])cc1. The van der Waals surface area contributed by atoms with Gasteiger partial charge in [0.05, 0.1) is 4.92 Å². The summed E-state index contributed by atoms with van der Waals surface area (Å²) in [5, 5.41) is 10.4. The third-order valence-electron chi connectivity index (χ3n) is 2.52. The standard InChI is InChI=1S/C10H10N2O4/c11-9-8(16-10(9)13)5-6-1-3-7(4-2-6)12(14)15/h1-4,8-9H,5,11H2/t8-,9+/m1/s1. The number of nitrogens with zero attached hydrogens (tertiary/aromatic N) is 1. The Labute approximate surface area is 91.2 Å². The van der Waals surface area contributed by atoms with Gasteiger partial charge in [0.25, 0.3) is 5.69 Å². The van der Waals surface area contributed by atoms with E-state index in [2.05, 4.69) is 0 Å². The van der Waals surface area contributed by atoms with E-state index in [1.807, 2.05) is 0 Å². The molecule has 1 saturated heterocycles. The normalized spacial score (nSPS) is 23.4. The van der Waals surface area contributed by atoms with Crippen molar-refractivity contribution in [1.82, 2.24) is 0 Å². The van der Waals surface area contributed by atoms with Crippen LogP contribution in [0.5, 0.6) is 0 Å². The van der Waals surface area contributed by atoms with E-state index >= 15 is 0 Å². The number of nitro groups is 1. The molecule has 1 aromatic carbocycles. The molecule has 0 spiro atoms. The minimum Gasteiger partial charge on any atom is -0.458 e. The van der Waals surface area contributed by atoms with Crippen LogP contribution in [0.4, 0.5) is 5.69 Å². The minimum atomic E-state index is -0.574. The molecule has 1 fully saturated rings. The Hall–Kier alpha value is -1.95. The van der Waals surface area contributed by atoms with Crippen LogP contribution in [0.1, 0.15) is 5.56 Å². The molecular formula is C10H10N2O4. The van der Waals surface area contributed by atoms with Gasteiger partial charge in [-0.25, -0.2) is 0 Å². The lowest BCUT2D eigenvalue weighted by Gasteiger charge is -2.32. The van der Waals surface area contributed by atoms with Gasteiger partial charge >= 0.3 is 5.97 Å². The summed E-state index contributed by atoms with van der Waals surface area (Å²) in [6.45, 7) is 0. The quantitative estimate of drug-likeness (QED) is 0.453. The molecule has 6 nitrogen and oxygen atoms in total. The first kappa shape index (κ1) is 10.6. The number of nitro benzene ring substituents is 1. The fourth-order valence-corrected chi connectivity index (χ4v) is 1.54. The van der Waals surface area contributed by atoms with Crippen LogP contribution >= 0.6 is 0 Å². The molecule has 1 aliphatic rings. The Balaban J connectivity index is 2.01. The van der Waals surface area contributed by atoms with Gasteiger partial charge < -0.3 is 10.5 Å². The Morgan fingerprint density at radius 1 is 1.38 bits per heavy atom. The van der Waals surface area contributed by atoms with E-state index in [9.17, 15) is 14.9 Å². The van der Waals surface area contributed by atoms with Crippen LogP contribution in [-0.4, -0.2) is 23.0 Å².